The molecule has 1 heterocycles. The maximum Gasteiger partial charge on any atom is 0.573 e. The average Bonchev–Trinajstić information content (AvgIpc) is 2.99. The predicted octanol–water partition coefficient (Wildman–Crippen LogP) is 2.59. The first-order valence-electron chi connectivity index (χ1n) is 8.43. The van der Waals surface area contributed by atoms with E-state index in [1.54, 1.807) is 12.1 Å². The molecule has 2 aromatic carbocycles. The van der Waals surface area contributed by atoms with Crippen LogP contribution >= 0.6 is 0 Å². The molecule has 0 bridgehead atoms. The van der Waals surface area contributed by atoms with Crippen LogP contribution in [0.1, 0.15) is 17.2 Å². The molecule has 152 valence electrons. The summed E-state index contributed by atoms with van der Waals surface area (Å²) in [6.45, 7) is 0.467. The van der Waals surface area contributed by atoms with Gasteiger partial charge in [-0.15, -0.1) is 13.2 Å². The van der Waals surface area contributed by atoms with Crippen molar-refractivity contribution in [3.63, 3.8) is 0 Å². The van der Waals surface area contributed by atoms with Crippen molar-refractivity contribution in [1.29, 1.82) is 0 Å². The van der Waals surface area contributed by atoms with Crippen LogP contribution in [-0.4, -0.2) is 40.0 Å². The predicted molar refractivity (Wildman–Crippen MR) is 96.7 cm³/mol. The maximum atomic E-state index is 12.5. The molecule has 6 nitrogen and oxygen atoms in total. The van der Waals surface area contributed by atoms with Crippen LogP contribution in [0.2, 0.25) is 0 Å². The number of likely N-dealkylation sites (N-methyl/N-ethyl adjacent to an activating group) is 1. The number of sulfonamides is 1. The van der Waals surface area contributed by atoms with Gasteiger partial charge in [0, 0.05) is 25.8 Å². The molecule has 10 heteroatoms. The lowest BCUT2D eigenvalue weighted by Crippen LogP contribution is -2.29. The molecule has 0 saturated carbocycles. The standard InChI is InChI=1S/C18H19F3N2O4S/c1-23-9-8-12-10-13(6-7-14(12)23)15(24)11-22-28(25,26)17-5-3-2-4-16(17)27-18(19,20)21/h2-7,10,15,22,24H,8-9,11H2,1H3. The minimum absolute atomic E-state index is 0.392. The number of benzene rings is 2. The fraction of sp³-hybridized carbons (Fsp3) is 0.333. The van der Waals surface area contributed by atoms with E-state index in [-0.39, 0.29) is 0 Å². The molecule has 2 N–H and O–H groups in total. The van der Waals surface area contributed by atoms with Gasteiger partial charge in [-0.2, -0.15) is 0 Å². The Bertz CT molecular complexity index is 964. The highest BCUT2D eigenvalue weighted by molar-refractivity contribution is 7.89. The molecule has 0 amide bonds. The van der Waals surface area contributed by atoms with Crippen molar-refractivity contribution >= 4 is 15.7 Å². The number of aliphatic hydroxyl groups excluding tert-OH is 1. The lowest BCUT2D eigenvalue weighted by Gasteiger charge is -2.17. The van der Waals surface area contributed by atoms with Gasteiger partial charge in [-0.3, -0.25) is 0 Å². The second kappa shape index (κ2) is 7.61. The number of hydrogen-bond donors (Lipinski definition) is 2. The molecule has 3 rings (SSSR count). The number of alkyl halides is 3. The van der Waals surface area contributed by atoms with E-state index in [1.807, 2.05) is 13.1 Å². The number of hydrogen-bond acceptors (Lipinski definition) is 5. The van der Waals surface area contributed by atoms with Gasteiger partial charge >= 0.3 is 6.36 Å². The first kappa shape index (κ1) is 20.4. The van der Waals surface area contributed by atoms with E-state index in [9.17, 15) is 26.7 Å². The van der Waals surface area contributed by atoms with Crippen LogP contribution in [0.5, 0.6) is 5.75 Å². The van der Waals surface area contributed by atoms with Crippen molar-refractivity contribution in [2.45, 2.75) is 23.8 Å². The van der Waals surface area contributed by atoms with Crippen LogP contribution in [-0.2, 0) is 16.4 Å². The molecular formula is C18H19F3N2O4S. The van der Waals surface area contributed by atoms with E-state index in [0.29, 0.717) is 5.56 Å². The Balaban J connectivity index is 1.74. The van der Waals surface area contributed by atoms with Crippen LogP contribution in [0, 0.1) is 0 Å². The summed E-state index contributed by atoms with van der Waals surface area (Å²) >= 11 is 0. The van der Waals surface area contributed by atoms with Crippen LogP contribution < -0.4 is 14.4 Å². The maximum absolute atomic E-state index is 12.5. The molecule has 1 atom stereocenters. The summed E-state index contributed by atoms with van der Waals surface area (Å²) in [6.07, 6.45) is -5.36. The number of para-hydroxylation sites is 1. The second-order valence-corrected chi connectivity index (χ2v) is 8.16. The third kappa shape index (κ3) is 4.57. The summed E-state index contributed by atoms with van der Waals surface area (Å²) < 4.78 is 68.3. The van der Waals surface area contributed by atoms with E-state index in [2.05, 4.69) is 14.4 Å². The fourth-order valence-corrected chi connectivity index (χ4v) is 4.22. The SMILES string of the molecule is CN1CCc2cc(C(O)CNS(=O)(=O)c3ccccc3OC(F)(F)F)ccc21. The quantitative estimate of drug-likeness (QED) is 0.757. The molecule has 1 unspecified atom stereocenters. The van der Waals surface area contributed by atoms with Crippen LogP contribution in [0.3, 0.4) is 0 Å². The molecule has 0 aromatic heterocycles. The molecule has 0 aliphatic carbocycles. The molecule has 0 fully saturated rings. The Hall–Kier alpha value is -2.30. The van der Waals surface area contributed by atoms with E-state index in [0.717, 1.165) is 36.3 Å². The average molecular weight is 416 g/mol. The Morgan fingerprint density at radius 1 is 1.25 bits per heavy atom. The van der Waals surface area contributed by atoms with E-state index in [1.165, 1.54) is 12.1 Å². The van der Waals surface area contributed by atoms with Crippen molar-refractivity contribution in [3.05, 3.63) is 53.6 Å². The molecule has 1 aliphatic rings. The highest BCUT2D eigenvalue weighted by Gasteiger charge is 2.34. The van der Waals surface area contributed by atoms with Gasteiger partial charge in [0.15, 0.2) is 0 Å². The van der Waals surface area contributed by atoms with Gasteiger partial charge in [0.2, 0.25) is 10.0 Å². The van der Waals surface area contributed by atoms with Crippen molar-refractivity contribution in [2.75, 3.05) is 25.0 Å². The Morgan fingerprint density at radius 3 is 2.68 bits per heavy atom. The molecule has 28 heavy (non-hydrogen) atoms. The number of fused-ring (bicyclic) bond motifs is 1. The van der Waals surface area contributed by atoms with E-state index in [4.69, 9.17) is 0 Å². The normalized spacial score (nSPS) is 15.4. The van der Waals surface area contributed by atoms with Gasteiger partial charge in [0.1, 0.15) is 10.6 Å². The van der Waals surface area contributed by atoms with Gasteiger partial charge in [-0.25, -0.2) is 13.1 Å². The van der Waals surface area contributed by atoms with Crippen molar-refractivity contribution in [2.24, 2.45) is 0 Å². The van der Waals surface area contributed by atoms with Gasteiger partial charge < -0.3 is 14.7 Å². The summed E-state index contributed by atoms with van der Waals surface area (Å²) in [5.74, 6) is -0.836. The zero-order valence-electron chi connectivity index (χ0n) is 14.9. The third-order valence-corrected chi connectivity index (χ3v) is 5.91. The van der Waals surface area contributed by atoms with Crippen LogP contribution in [0.4, 0.5) is 18.9 Å². The van der Waals surface area contributed by atoms with E-state index < -0.39 is 39.7 Å². The van der Waals surface area contributed by atoms with Gasteiger partial charge in [-0.05, 0) is 35.7 Å². The molecule has 0 radical (unpaired) electrons. The topological polar surface area (TPSA) is 78.9 Å². The Kier molecular flexibility index (Phi) is 5.55. The van der Waals surface area contributed by atoms with Crippen LogP contribution in [0.25, 0.3) is 0 Å². The monoisotopic (exact) mass is 416 g/mol. The third-order valence-electron chi connectivity index (χ3n) is 4.45. The number of rotatable bonds is 6. The van der Waals surface area contributed by atoms with Gasteiger partial charge in [0.05, 0.1) is 6.10 Å². The van der Waals surface area contributed by atoms with Crippen LogP contribution in [0.15, 0.2) is 47.4 Å². The summed E-state index contributed by atoms with van der Waals surface area (Å²) in [5, 5.41) is 10.3. The first-order valence-corrected chi connectivity index (χ1v) is 9.91. The van der Waals surface area contributed by atoms with Gasteiger partial charge in [0.25, 0.3) is 0 Å². The minimum Gasteiger partial charge on any atom is -0.404 e. The zero-order chi connectivity index (χ0) is 20.5. The number of nitrogens with one attached hydrogen (secondary N) is 1. The van der Waals surface area contributed by atoms with Gasteiger partial charge in [-0.1, -0.05) is 24.3 Å². The smallest absolute Gasteiger partial charge is 0.404 e. The first-order chi connectivity index (χ1) is 13.1. The number of ether oxygens (including phenoxy) is 1. The van der Waals surface area contributed by atoms with Crippen molar-refractivity contribution in [1.82, 2.24) is 4.72 Å². The number of anilines is 1. The number of nitrogens with zero attached hydrogens (tertiary/aromatic N) is 1. The molecule has 0 spiro atoms. The fourth-order valence-electron chi connectivity index (χ4n) is 3.06. The minimum atomic E-state index is -5.03. The zero-order valence-corrected chi connectivity index (χ0v) is 15.7. The summed E-state index contributed by atoms with van der Waals surface area (Å²) in [4.78, 5) is 1.42. The number of halogens is 3. The largest absolute Gasteiger partial charge is 0.573 e. The highest BCUT2D eigenvalue weighted by atomic mass is 32.2. The summed E-state index contributed by atoms with van der Waals surface area (Å²) in [6, 6.07) is 9.78. The molecule has 0 saturated heterocycles. The van der Waals surface area contributed by atoms with E-state index >= 15 is 0 Å². The highest BCUT2D eigenvalue weighted by Crippen LogP contribution is 2.31. The lowest BCUT2D eigenvalue weighted by atomic mass is 10.0. The number of aliphatic hydroxyl groups is 1. The lowest BCUT2D eigenvalue weighted by molar-refractivity contribution is -0.275. The van der Waals surface area contributed by atoms with Crippen molar-refractivity contribution < 1.29 is 31.4 Å². The Labute approximate surface area is 160 Å². The molecular weight excluding hydrogens is 397 g/mol. The summed E-state index contributed by atoms with van der Waals surface area (Å²) in [7, 11) is -2.37. The second-order valence-electron chi connectivity index (χ2n) is 6.42. The van der Waals surface area contributed by atoms with Crippen molar-refractivity contribution in [3.8, 4) is 5.75 Å². The Morgan fingerprint density at radius 2 is 1.96 bits per heavy atom. The summed E-state index contributed by atoms with van der Waals surface area (Å²) in [5.41, 5.74) is 2.62. The molecule has 2 aromatic rings. The molecule has 1 aliphatic heterocycles.